The molecule has 0 amide bonds. The summed E-state index contributed by atoms with van der Waals surface area (Å²) in [5.74, 6) is -1.90. The van der Waals surface area contributed by atoms with Gasteiger partial charge in [0.15, 0.2) is 11.5 Å². The Labute approximate surface area is 103 Å². The van der Waals surface area contributed by atoms with E-state index in [4.69, 9.17) is 5.11 Å². The number of rotatable bonds is 2. The number of aryl methyl sites for hydroxylation is 1. The molecule has 0 aromatic carbocycles. The maximum Gasteiger partial charge on any atom is 0.356 e. The summed E-state index contributed by atoms with van der Waals surface area (Å²) in [6.07, 6.45) is 1.36. The molecular weight excluding hydrogens is 295 g/mol. The maximum atomic E-state index is 13.6. The van der Waals surface area contributed by atoms with E-state index in [0.29, 0.717) is 4.47 Å². The van der Waals surface area contributed by atoms with Gasteiger partial charge in [-0.05, 0) is 22.0 Å². The summed E-state index contributed by atoms with van der Waals surface area (Å²) in [6, 6.07) is 1.18. The summed E-state index contributed by atoms with van der Waals surface area (Å²) in [7, 11) is 1.41. The minimum absolute atomic E-state index is 0.0926. The van der Waals surface area contributed by atoms with Gasteiger partial charge in [0.2, 0.25) is 0 Å². The Morgan fingerprint density at radius 3 is 2.82 bits per heavy atom. The van der Waals surface area contributed by atoms with Gasteiger partial charge < -0.3 is 5.11 Å². The summed E-state index contributed by atoms with van der Waals surface area (Å²) >= 11 is 3.06. The van der Waals surface area contributed by atoms with Crippen LogP contribution in [0.4, 0.5) is 4.39 Å². The number of carboxylic acids is 1. The van der Waals surface area contributed by atoms with Gasteiger partial charge in [-0.25, -0.2) is 13.9 Å². The number of carboxylic acid groups (broad SMARTS) is 1. The van der Waals surface area contributed by atoms with Crippen molar-refractivity contribution in [2.75, 3.05) is 0 Å². The first kappa shape index (κ1) is 11.6. The number of nitrogens with zero attached hydrogens (tertiary/aromatic N) is 4. The number of hydrogen-bond acceptors (Lipinski definition) is 4. The molecule has 88 valence electrons. The van der Waals surface area contributed by atoms with E-state index >= 15 is 0 Å². The van der Waals surface area contributed by atoms with Crippen LogP contribution in [0.3, 0.4) is 0 Å². The number of hydrogen-bond donors (Lipinski definition) is 1. The molecule has 0 spiro atoms. The van der Waals surface area contributed by atoms with Gasteiger partial charge in [0, 0.05) is 17.7 Å². The van der Waals surface area contributed by atoms with Crippen molar-refractivity contribution in [3.05, 3.63) is 28.2 Å². The number of aromatic nitrogens is 4. The highest BCUT2D eigenvalue weighted by atomic mass is 79.9. The van der Waals surface area contributed by atoms with Gasteiger partial charge in [0.25, 0.3) is 0 Å². The van der Waals surface area contributed by atoms with Crippen molar-refractivity contribution >= 4 is 21.9 Å². The van der Waals surface area contributed by atoms with Crippen molar-refractivity contribution in [1.29, 1.82) is 0 Å². The van der Waals surface area contributed by atoms with Crippen molar-refractivity contribution < 1.29 is 14.3 Å². The molecule has 0 saturated carbocycles. The SMILES string of the molecule is Cn1nnc(-c2ncc(Br)cc2F)c1C(=O)O. The van der Waals surface area contributed by atoms with E-state index in [1.165, 1.54) is 19.3 Å². The van der Waals surface area contributed by atoms with Crippen LogP contribution >= 0.6 is 15.9 Å². The van der Waals surface area contributed by atoms with E-state index < -0.39 is 11.8 Å². The van der Waals surface area contributed by atoms with Crippen molar-refractivity contribution in [1.82, 2.24) is 20.0 Å². The number of pyridine rings is 1. The number of aromatic carboxylic acids is 1. The molecule has 17 heavy (non-hydrogen) atoms. The van der Waals surface area contributed by atoms with Crippen LogP contribution in [0.5, 0.6) is 0 Å². The topological polar surface area (TPSA) is 80.9 Å². The largest absolute Gasteiger partial charge is 0.476 e. The van der Waals surface area contributed by atoms with Gasteiger partial charge >= 0.3 is 5.97 Å². The average molecular weight is 301 g/mol. The molecule has 0 aliphatic carbocycles. The lowest BCUT2D eigenvalue weighted by molar-refractivity contribution is 0.0686. The number of carbonyl (C=O) groups is 1. The molecular formula is C9H6BrFN4O2. The standard InChI is InChI=1S/C9H6BrFN4O2/c1-15-8(9(16)17)7(13-14-15)6-5(11)2-4(10)3-12-6/h2-3H,1H3,(H,16,17). The van der Waals surface area contributed by atoms with Crippen LogP contribution in [0.15, 0.2) is 16.7 Å². The third-order valence-electron chi connectivity index (χ3n) is 2.06. The third-order valence-corrected chi connectivity index (χ3v) is 2.50. The van der Waals surface area contributed by atoms with Crippen molar-refractivity contribution in [2.24, 2.45) is 7.05 Å². The molecule has 0 bridgehead atoms. The Morgan fingerprint density at radius 2 is 2.24 bits per heavy atom. The molecule has 6 nitrogen and oxygen atoms in total. The van der Waals surface area contributed by atoms with E-state index in [9.17, 15) is 9.18 Å². The lowest BCUT2D eigenvalue weighted by atomic mass is 10.2. The Hall–Kier alpha value is -1.83. The van der Waals surface area contributed by atoms with Gasteiger partial charge in [-0.3, -0.25) is 4.98 Å². The van der Waals surface area contributed by atoms with E-state index in [1.54, 1.807) is 0 Å². The summed E-state index contributed by atoms with van der Waals surface area (Å²) < 4.78 is 15.1. The van der Waals surface area contributed by atoms with Gasteiger partial charge in [-0.2, -0.15) is 0 Å². The van der Waals surface area contributed by atoms with Crippen LogP contribution in [0, 0.1) is 5.82 Å². The van der Waals surface area contributed by atoms with Crippen molar-refractivity contribution in [3.8, 4) is 11.4 Å². The first-order valence-corrected chi connectivity index (χ1v) is 5.24. The maximum absolute atomic E-state index is 13.6. The van der Waals surface area contributed by atoms with Crippen LogP contribution in [-0.2, 0) is 7.05 Å². The summed E-state index contributed by atoms with van der Waals surface area (Å²) in [6.45, 7) is 0. The molecule has 1 N–H and O–H groups in total. The van der Waals surface area contributed by atoms with E-state index in [0.717, 1.165) is 4.68 Å². The second-order valence-electron chi connectivity index (χ2n) is 3.20. The molecule has 0 aliphatic rings. The first-order chi connectivity index (χ1) is 8.00. The summed E-state index contributed by atoms with van der Waals surface area (Å²) in [5, 5.41) is 16.1. The minimum Gasteiger partial charge on any atom is -0.476 e. The fourth-order valence-electron chi connectivity index (χ4n) is 1.35. The molecule has 2 rings (SSSR count). The van der Waals surface area contributed by atoms with E-state index in [-0.39, 0.29) is 17.1 Å². The normalized spacial score (nSPS) is 10.5. The number of halogens is 2. The lowest BCUT2D eigenvalue weighted by Crippen LogP contribution is -2.07. The highest BCUT2D eigenvalue weighted by molar-refractivity contribution is 9.10. The van der Waals surface area contributed by atoms with Crippen molar-refractivity contribution in [2.45, 2.75) is 0 Å². The Bertz CT molecular complexity index is 599. The smallest absolute Gasteiger partial charge is 0.356 e. The molecule has 0 atom stereocenters. The molecule has 0 saturated heterocycles. The van der Waals surface area contributed by atoms with Crippen LogP contribution in [0.25, 0.3) is 11.4 Å². The third kappa shape index (κ3) is 2.03. The lowest BCUT2D eigenvalue weighted by Gasteiger charge is -2.00. The van der Waals surface area contributed by atoms with Crippen molar-refractivity contribution in [3.63, 3.8) is 0 Å². The first-order valence-electron chi connectivity index (χ1n) is 4.45. The molecule has 0 fully saturated rings. The second kappa shape index (κ2) is 4.21. The Balaban J connectivity index is 2.65. The molecule has 8 heteroatoms. The van der Waals surface area contributed by atoms with E-state index in [1.807, 2.05) is 0 Å². The molecule has 2 heterocycles. The van der Waals surface area contributed by atoms with Crippen LogP contribution in [0.2, 0.25) is 0 Å². The molecule has 2 aromatic heterocycles. The van der Waals surface area contributed by atoms with Gasteiger partial charge in [0.05, 0.1) is 0 Å². The Kier molecular flexibility index (Phi) is 2.88. The minimum atomic E-state index is -1.24. The molecule has 2 aromatic rings. The van der Waals surface area contributed by atoms with E-state index in [2.05, 4.69) is 31.2 Å². The van der Waals surface area contributed by atoms with Crippen LogP contribution in [0.1, 0.15) is 10.5 Å². The van der Waals surface area contributed by atoms with Gasteiger partial charge in [-0.15, -0.1) is 5.10 Å². The van der Waals surface area contributed by atoms with Crippen LogP contribution < -0.4 is 0 Å². The summed E-state index contributed by atoms with van der Waals surface area (Å²) in [4.78, 5) is 14.8. The second-order valence-corrected chi connectivity index (χ2v) is 4.12. The fourth-order valence-corrected chi connectivity index (χ4v) is 1.65. The molecule has 0 unspecified atom stereocenters. The van der Waals surface area contributed by atoms with Gasteiger partial charge in [0.1, 0.15) is 11.4 Å². The Morgan fingerprint density at radius 1 is 1.53 bits per heavy atom. The van der Waals surface area contributed by atoms with Gasteiger partial charge in [-0.1, -0.05) is 5.21 Å². The predicted octanol–water partition coefficient (Wildman–Crippen LogP) is 1.48. The molecule has 0 aliphatic heterocycles. The highest BCUT2D eigenvalue weighted by Gasteiger charge is 2.22. The predicted molar refractivity (Wildman–Crippen MR) is 58.9 cm³/mol. The highest BCUT2D eigenvalue weighted by Crippen LogP contribution is 2.23. The fraction of sp³-hybridized carbons (Fsp3) is 0.111. The summed E-state index contributed by atoms with van der Waals surface area (Å²) in [5.41, 5.74) is -0.442. The quantitative estimate of drug-likeness (QED) is 0.908. The monoisotopic (exact) mass is 300 g/mol. The zero-order chi connectivity index (χ0) is 12.6. The zero-order valence-corrected chi connectivity index (χ0v) is 10.1. The zero-order valence-electron chi connectivity index (χ0n) is 8.55. The molecule has 0 radical (unpaired) electrons. The average Bonchev–Trinajstić information content (AvgIpc) is 2.60. The van der Waals surface area contributed by atoms with Crippen LogP contribution in [-0.4, -0.2) is 31.1 Å².